The third-order valence-electron chi connectivity index (χ3n) is 3.20. The minimum Gasteiger partial charge on any atom is -0.344 e. The highest BCUT2D eigenvalue weighted by atomic mass is 16.2. The van der Waals surface area contributed by atoms with Crippen LogP contribution in [0.5, 0.6) is 0 Å². The molecule has 1 saturated heterocycles. The maximum Gasteiger partial charge on any atom is 0.239 e. The lowest BCUT2D eigenvalue weighted by Crippen LogP contribution is -2.43. The van der Waals surface area contributed by atoms with Gasteiger partial charge in [0.15, 0.2) is 0 Å². The number of hydrogen-bond donors (Lipinski definition) is 1. The first-order valence-corrected chi connectivity index (χ1v) is 5.65. The van der Waals surface area contributed by atoms with Crippen LogP contribution >= 0.6 is 0 Å². The Hall–Kier alpha value is -0.610. The molecule has 1 aliphatic heterocycles. The van der Waals surface area contributed by atoms with Crippen LogP contribution in [0.3, 0.4) is 0 Å². The van der Waals surface area contributed by atoms with Crippen LogP contribution in [-0.4, -0.2) is 62.5 Å². The highest BCUT2D eigenvalue weighted by Crippen LogP contribution is 2.15. The van der Waals surface area contributed by atoms with Crippen molar-refractivity contribution in [3.63, 3.8) is 0 Å². The van der Waals surface area contributed by atoms with Crippen LogP contribution in [0.2, 0.25) is 0 Å². The molecule has 0 aromatic rings. The molecule has 0 bridgehead atoms. The fourth-order valence-electron chi connectivity index (χ4n) is 2.11. The van der Waals surface area contributed by atoms with Gasteiger partial charge < -0.3 is 15.1 Å². The Morgan fingerprint density at radius 1 is 1.67 bits per heavy atom. The molecule has 1 N–H and O–H groups in total. The minimum absolute atomic E-state index is 0.0749. The van der Waals surface area contributed by atoms with Crippen molar-refractivity contribution in [1.29, 1.82) is 0 Å². The molecule has 4 nitrogen and oxygen atoms in total. The number of nitrogens with one attached hydrogen (secondary N) is 1. The first-order valence-electron chi connectivity index (χ1n) is 5.65. The van der Waals surface area contributed by atoms with E-state index in [0.717, 1.165) is 19.6 Å². The van der Waals surface area contributed by atoms with E-state index in [2.05, 4.69) is 17.3 Å². The number of likely N-dealkylation sites (N-methyl/N-ethyl adjacent to an activating group) is 2. The van der Waals surface area contributed by atoms with Crippen molar-refractivity contribution in [2.75, 3.05) is 40.8 Å². The summed E-state index contributed by atoms with van der Waals surface area (Å²) in [5.74, 6) is 0.833. The fourth-order valence-corrected chi connectivity index (χ4v) is 2.11. The summed E-state index contributed by atoms with van der Waals surface area (Å²) in [6.07, 6.45) is 1.21. The van der Waals surface area contributed by atoms with Gasteiger partial charge in [-0.05, 0) is 39.9 Å². The number of nitrogens with zero attached hydrogens (tertiary/aromatic N) is 2. The molecule has 0 aliphatic carbocycles. The Morgan fingerprint density at radius 3 is 2.80 bits per heavy atom. The van der Waals surface area contributed by atoms with E-state index in [1.165, 1.54) is 6.42 Å². The zero-order valence-electron chi connectivity index (χ0n) is 10.3. The van der Waals surface area contributed by atoms with Gasteiger partial charge in [0.05, 0.1) is 6.04 Å². The van der Waals surface area contributed by atoms with E-state index >= 15 is 0 Å². The molecule has 1 fully saturated rings. The largest absolute Gasteiger partial charge is 0.344 e. The quantitative estimate of drug-likeness (QED) is 0.714. The Morgan fingerprint density at radius 2 is 2.33 bits per heavy atom. The number of likely N-dealkylation sites (tertiary alicyclic amines) is 1. The maximum atomic E-state index is 11.8. The van der Waals surface area contributed by atoms with Crippen molar-refractivity contribution in [2.45, 2.75) is 19.4 Å². The Bertz CT molecular complexity index is 220. The normalized spacial score (nSPS) is 24.1. The molecule has 0 aromatic heterocycles. The van der Waals surface area contributed by atoms with Crippen LogP contribution in [0.1, 0.15) is 13.3 Å². The predicted octanol–water partition coefficient (Wildman–Crippen LogP) is 0.00440. The lowest BCUT2D eigenvalue weighted by atomic mass is 10.1. The number of carbonyl (C=O) groups excluding carboxylic acids is 1. The Kier molecular flexibility index (Phi) is 4.54. The van der Waals surface area contributed by atoms with Crippen LogP contribution < -0.4 is 5.32 Å². The van der Waals surface area contributed by atoms with E-state index in [4.69, 9.17) is 0 Å². The van der Waals surface area contributed by atoms with Crippen molar-refractivity contribution in [1.82, 2.24) is 15.1 Å². The van der Waals surface area contributed by atoms with Crippen molar-refractivity contribution in [3.8, 4) is 0 Å². The highest BCUT2D eigenvalue weighted by Gasteiger charge is 2.23. The van der Waals surface area contributed by atoms with Gasteiger partial charge in [0, 0.05) is 20.1 Å². The average Bonchev–Trinajstić information content (AvgIpc) is 2.61. The van der Waals surface area contributed by atoms with Crippen LogP contribution in [0.4, 0.5) is 0 Å². The number of carbonyl (C=O) groups is 1. The second kappa shape index (κ2) is 5.47. The van der Waals surface area contributed by atoms with E-state index < -0.39 is 0 Å². The molecule has 2 atom stereocenters. The summed E-state index contributed by atoms with van der Waals surface area (Å²) in [6, 6.07) is -0.0749. The predicted molar refractivity (Wildman–Crippen MR) is 61.8 cm³/mol. The highest BCUT2D eigenvalue weighted by molar-refractivity contribution is 5.81. The molecule has 1 heterocycles. The topological polar surface area (TPSA) is 35.6 Å². The molecule has 15 heavy (non-hydrogen) atoms. The van der Waals surface area contributed by atoms with Crippen molar-refractivity contribution >= 4 is 5.91 Å². The van der Waals surface area contributed by atoms with Gasteiger partial charge in [-0.3, -0.25) is 4.79 Å². The van der Waals surface area contributed by atoms with E-state index in [1.807, 2.05) is 25.9 Å². The van der Waals surface area contributed by atoms with Crippen LogP contribution in [0.15, 0.2) is 0 Å². The Balaban J connectivity index is 2.35. The van der Waals surface area contributed by atoms with E-state index in [-0.39, 0.29) is 11.9 Å². The molecular weight excluding hydrogens is 190 g/mol. The third-order valence-corrected chi connectivity index (χ3v) is 3.20. The summed E-state index contributed by atoms with van der Waals surface area (Å²) in [5.41, 5.74) is 0. The average molecular weight is 213 g/mol. The fraction of sp³-hybridized carbons (Fsp3) is 0.909. The lowest BCUT2D eigenvalue weighted by Gasteiger charge is -2.24. The van der Waals surface area contributed by atoms with Gasteiger partial charge in [-0.15, -0.1) is 0 Å². The van der Waals surface area contributed by atoms with Crippen LogP contribution in [0, 0.1) is 5.92 Å². The molecule has 1 aliphatic rings. The second-order valence-electron chi connectivity index (χ2n) is 4.65. The first kappa shape index (κ1) is 12.5. The molecule has 0 saturated carbocycles. The van der Waals surface area contributed by atoms with Crippen molar-refractivity contribution in [2.24, 2.45) is 5.92 Å². The summed E-state index contributed by atoms with van der Waals surface area (Å²) < 4.78 is 0. The molecule has 2 unspecified atom stereocenters. The van der Waals surface area contributed by atoms with Gasteiger partial charge in [-0.2, -0.15) is 0 Å². The minimum atomic E-state index is -0.0749. The molecule has 0 radical (unpaired) electrons. The molecule has 1 rings (SSSR count). The number of amides is 1. The lowest BCUT2D eigenvalue weighted by molar-refractivity contribution is -0.132. The zero-order valence-corrected chi connectivity index (χ0v) is 10.3. The van der Waals surface area contributed by atoms with Crippen LogP contribution in [-0.2, 0) is 4.79 Å². The van der Waals surface area contributed by atoms with E-state index in [1.54, 1.807) is 0 Å². The number of hydrogen-bond acceptors (Lipinski definition) is 3. The molecule has 0 aromatic carbocycles. The zero-order chi connectivity index (χ0) is 11.4. The summed E-state index contributed by atoms with van der Waals surface area (Å²) in [6.45, 7) is 5.06. The van der Waals surface area contributed by atoms with Gasteiger partial charge in [0.25, 0.3) is 0 Å². The molecule has 1 amide bonds. The summed E-state index contributed by atoms with van der Waals surface area (Å²) >= 11 is 0. The molecular formula is C11H23N3O. The van der Waals surface area contributed by atoms with Gasteiger partial charge >= 0.3 is 0 Å². The van der Waals surface area contributed by atoms with E-state index in [9.17, 15) is 4.79 Å². The standard InChI is InChI=1S/C11H23N3O/c1-9(12-2)11(15)14(4)8-10-5-6-13(3)7-10/h9-10,12H,5-8H2,1-4H3. The number of rotatable bonds is 4. The summed E-state index contributed by atoms with van der Waals surface area (Å²) in [7, 11) is 5.85. The van der Waals surface area contributed by atoms with Crippen LogP contribution in [0.25, 0.3) is 0 Å². The monoisotopic (exact) mass is 213 g/mol. The SMILES string of the molecule is CNC(C)C(=O)N(C)CC1CCN(C)C1. The van der Waals surface area contributed by atoms with Crippen molar-refractivity contribution in [3.05, 3.63) is 0 Å². The van der Waals surface area contributed by atoms with Gasteiger partial charge in [0.1, 0.15) is 0 Å². The van der Waals surface area contributed by atoms with Gasteiger partial charge in [-0.1, -0.05) is 0 Å². The van der Waals surface area contributed by atoms with Crippen molar-refractivity contribution < 1.29 is 4.79 Å². The molecule has 88 valence electrons. The second-order valence-corrected chi connectivity index (χ2v) is 4.65. The smallest absolute Gasteiger partial charge is 0.239 e. The Labute approximate surface area is 92.6 Å². The maximum absolute atomic E-state index is 11.8. The first-order chi connectivity index (χ1) is 7.04. The van der Waals surface area contributed by atoms with Gasteiger partial charge in [-0.25, -0.2) is 0 Å². The molecule has 0 spiro atoms. The summed E-state index contributed by atoms with van der Waals surface area (Å²) in [4.78, 5) is 16.0. The van der Waals surface area contributed by atoms with Gasteiger partial charge in [0.2, 0.25) is 5.91 Å². The third kappa shape index (κ3) is 3.47. The van der Waals surface area contributed by atoms with E-state index in [0.29, 0.717) is 5.92 Å². The summed E-state index contributed by atoms with van der Waals surface area (Å²) in [5, 5.41) is 2.98. The molecule has 4 heteroatoms.